The molecule has 0 saturated carbocycles. The fourth-order valence-corrected chi connectivity index (χ4v) is 3.80. The van der Waals surface area contributed by atoms with Gasteiger partial charge in [-0.2, -0.15) is 5.26 Å². The van der Waals surface area contributed by atoms with Gasteiger partial charge < -0.3 is 15.5 Å². The second-order valence-electron chi connectivity index (χ2n) is 8.77. The van der Waals surface area contributed by atoms with Crippen LogP contribution in [0.1, 0.15) is 52.2 Å². The van der Waals surface area contributed by atoms with Gasteiger partial charge in [0.2, 0.25) is 0 Å². The van der Waals surface area contributed by atoms with Crippen LogP contribution in [0.25, 0.3) is 5.82 Å². The second kappa shape index (κ2) is 11.2. The molecule has 0 spiro atoms. The highest BCUT2D eigenvalue weighted by molar-refractivity contribution is 6.32. The maximum absolute atomic E-state index is 13.5. The summed E-state index contributed by atoms with van der Waals surface area (Å²) in [6.07, 6.45) is 1.66. The molecule has 38 heavy (non-hydrogen) atoms. The Labute approximate surface area is 223 Å². The van der Waals surface area contributed by atoms with Gasteiger partial charge in [-0.25, -0.2) is 19.3 Å². The zero-order valence-corrected chi connectivity index (χ0v) is 21.6. The summed E-state index contributed by atoms with van der Waals surface area (Å²) in [5, 5.41) is 19.3. The van der Waals surface area contributed by atoms with E-state index < -0.39 is 17.9 Å². The zero-order valence-electron chi connectivity index (χ0n) is 20.8. The molecule has 2 aromatic heterocycles. The first-order chi connectivity index (χ1) is 18.2. The molecule has 0 atom stereocenters. The molecule has 3 heterocycles. The Morgan fingerprint density at radius 3 is 2.58 bits per heavy atom. The van der Waals surface area contributed by atoms with E-state index in [1.165, 1.54) is 23.2 Å². The lowest BCUT2D eigenvalue weighted by molar-refractivity contribution is -0.161. The van der Waals surface area contributed by atoms with Crippen molar-refractivity contribution in [3.8, 4) is 17.8 Å². The summed E-state index contributed by atoms with van der Waals surface area (Å²) in [4.78, 5) is 54.0. The average Bonchev–Trinajstić information content (AvgIpc) is 3.26. The summed E-state index contributed by atoms with van der Waals surface area (Å²) >= 11 is 6.30. The summed E-state index contributed by atoms with van der Waals surface area (Å²) in [5.41, 5.74) is 1.01. The smallest absolute Gasteiger partial charge is 0.350 e. The van der Waals surface area contributed by atoms with Crippen molar-refractivity contribution in [2.45, 2.75) is 33.2 Å². The summed E-state index contributed by atoms with van der Waals surface area (Å²) in [6, 6.07) is 9.22. The first-order valence-electron chi connectivity index (χ1n) is 11.7. The van der Waals surface area contributed by atoms with E-state index in [1.807, 2.05) is 6.07 Å². The van der Waals surface area contributed by atoms with Crippen LogP contribution in [0.4, 0.5) is 10.5 Å². The largest absolute Gasteiger partial charge is 0.452 e. The van der Waals surface area contributed by atoms with Gasteiger partial charge in [0.05, 0.1) is 27.9 Å². The highest BCUT2D eigenvalue weighted by Gasteiger charge is 2.26. The number of amides is 3. The molecule has 0 radical (unpaired) electrons. The van der Waals surface area contributed by atoms with Crippen molar-refractivity contribution in [3.63, 3.8) is 0 Å². The maximum atomic E-state index is 13.5. The normalized spacial score (nSPS) is 12.4. The topological polar surface area (TPSA) is 151 Å². The van der Waals surface area contributed by atoms with Crippen molar-refractivity contribution in [1.29, 1.82) is 5.26 Å². The number of pyridine rings is 1. The molecule has 0 aliphatic carbocycles. The van der Waals surface area contributed by atoms with Crippen LogP contribution < -0.4 is 15.5 Å². The van der Waals surface area contributed by atoms with Crippen LogP contribution in [0.15, 0.2) is 36.5 Å². The molecule has 3 amide bonds. The van der Waals surface area contributed by atoms with Gasteiger partial charge in [0.15, 0.2) is 5.82 Å². The number of carbonyl (C=O) groups is 3. The monoisotopic (exact) mass is 537 g/mol. The Bertz CT molecular complexity index is 1440. The van der Waals surface area contributed by atoms with E-state index in [4.69, 9.17) is 21.4 Å². The van der Waals surface area contributed by atoms with Crippen molar-refractivity contribution in [2.75, 3.05) is 18.4 Å². The summed E-state index contributed by atoms with van der Waals surface area (Å²) in [5.74, 6) is -1.22. The highest BCUT2D eigenvalue weighted by Crippen LogP contribution is 2.27. The van der Waals surface area contributed by atoms with E-state index in [2.05, 4.69) is 20.7 Å². The molecule has 1 saturated heterocycles. The van der Waals surface area contributed by atoms with E-state index in [0.29, 0.717) is 18.7 Å². The third kappa shape index (κ3) is 5.68. The minimum atomic E-state index is -0.686. The number of hydrogen-bond acceptors (Lipinski definition) is 8. The van der Waals surface area contributed by atoms with Crippen LogP contribution in [0.2, 0.25) is 5.02 Å². The molecule has 12 nitrogen and oxygen atoms in total. The first kappa shape index (κ1) is 26.4. The number of nitriles is 1. The van der Waals surface area contributed by atoms with Crippen LogP contribution in [0.5, 0.6) is 5.88 Å². The summed E-state index contributed by atoms with van der Waals surface area (Å²) in [6.45, 7) is 6.37. The maximum Gasteiger partial charge on any atom is 0.452 e. The van der Waals surface area contributed by atoms with Gasteiger partial charge in [0.25, 0.3) is 17.7 Å². The standard InChI is InChI=1S/C25H24ClN7O5/c1-14(2)29-23(34)17-11-16(13-27)10-15(3)21(17)30-24(35)19-12-20(37-38-25(36)32-8-5-9-32)31-33(19)22-18(26)6-4-7-28-22/h4,6-7,10-12,14H,5,8-9H2,1-3H3,(H,29,34)(H,30,35). The number of carbonyl (C=O) groups excluding carboxylic acids is 3. The van der Waals surface area contributed by atoms with Gasteiger partial charge in [-0.15, -0.1) is 5.10 Å². The van der Waals surface area contributed by atoms with Gasteiger partial charge in [-0.05, 0) is 57.0 Å². The number of nitrogens with one attached hydrogen (secondary N) is 2. The number of nitrogens with zero attached hydrogens (tertiary/aromatic N) is 5. The van der Waals surface area contributed by atoms with E-state index in [0.717, 1.165) is 11.1 Å². The van der Waals surface area contributed by atoms with E-state index >= 15 is 0 Å². The molecule has 2 N–H and O–H groups in total. The molecule has 0 bridgehead atoms. The van der Waals surface area contributed by atoms with Crippen molar-refractivity contribution >= 4 is 35.2 Å². The van der Waals surface area contributed by atoms with E-state index in [1.54, 1.807) is 39.0 Å². The molecular formula is C25H24ClN7O5. The predicted molar refractivity (Wildman–Crippen MR) is 136 cm³/mol. The van der Waals surface area contributed by atoms with Crippen molar-refractivity contribution in [1.82, 2.24) is 25.0 Å². The Hall–Kier alpha value is -4.63. The van der Waals surface area contributed by atoms with Gasteiger partial charge in [-0.3, -0.25) is 14.5 Å². The van der Waals surface area contributed by atoms with Crippen molar-refractivity contribution < 1.29 is 24.2 Å². The number of anilines is 1. The summed E-state index contributed by atoms with van der Waals surface area (Å²) < 4.78 is 1.14. The van der Waals surface area contributed by atoms with Crippen molar-refractivity contribution in [2.24, 2.45) is 0 Å². The molecule has 3 aromatic rings. The van der Waals surface area contributed by atoms with Crippen LogP contribution in [0.3, 0.4) is 0 Å². The molecule has 196 valence electrons. The molecule has 1 aliphatic heterocycles. The molecule has 1 aromatic carbocycles. The van der Waals surface area contributed by atoms with E-state index in [9.17, 15) is 19.6 Å². The van der Waals surface area contributed by atoms with Gasteiger partial charge in [0, 0.05) is 31.4 Å². The van der Waals surface area contributed by atoms with Crippen LogP contribution in [0, 0.1) is 18.3 Å². The molecule has 1 aliphatic rings. The number of benzene rings is 1. The van der Waals surface area contributed by atoms with E-state index in [-0.39, 0.29) is 45.3 Å². The van der Waals surface area contributed by atoms with Crippen LogP contribution >= 0.6 is 11.6 Å². The second-order valence-corrected chi connectivity index (χ2v) is 9.18. The first-order valence-corrected chi connectivity index (χ1v) is 12.1. The molecular weight excluding hydrogens is 514 g/mol. The fraction of sp³-hybridized carbons (Fsp3) is 0.280. The number of hydrogen-bond donors (Lipinski definition) is 2. The van der Waals surface area contributed by atoms with Crippen molar-refractivity contribution in [3.05, 3.63) is 63.9 Å². The SMILES string of the molecule is Cc1cc(C#N)cc(C(=O)NC(C)C)c1NC(=O)c1cc(OOC(=O)N2CCC2)nn1-c1ncccc1Cl. The highest BCUT2D eigenvalue weighted by atomic mass is 35.5. The number of aryl methyl sites for hydroxylation is 1. The quantitative estimate of drug-likeness (QED) is 0.342. The van der Waals surface area contributed by atoms with Gasteiger partial charge in [0.1, 0.15) is 5.69 Å². The molecule has 1 fully saturated rings. The van der Waals surface area contributed by atoms with Crippen LogP contribution in [-0.2, 0) is 4.89 Å². The number of likely N-dealkylation sites (tertiary alicyclic amines) is 1. The lowest BCUT2D eigenvalue weighted by Gasteiger charge is -2.28. The predicted octanol–water partition coefficient (Wildman–Crippen LogP) is 3.63. The Morgan fingerprint density at radius 2 is 1.95 bits per heavy atom. The lowest BCUT2D eigenvalue weighted by Crippen LogP contribution is -2.42. The molecule has 0 unspecified atom stereocenters. The fourth-order valence-electron chi connectivity index (χ4n) is 3.60. The number of rotatable bonds is 7. The zero-order chi connectivity index (χ0) is 27.4. The Kier molecular flexibility index (Phi) is 7.78. The lowest BCUT2D eigenvalue weighted by atomic mass is 10.0. The number of halogens is 1. The van der Waals surface area contributed by atoms with Gasteiger partial charge >= 0.3 is 6.09 Å². The number of aromatic nitrogens is 3. The summed E-state index contributed by atoms with van der Waals surface area (Å²) in [7, 11) is 0. The molecule has 4 rings (SSSR count). The minimum absolute atomic E-state index is 0.0698. The average molecular weight is 538 g/mol. The van der Waals surface area contributed by atoms with Crippen LogP contribution in [-0.4, -0.2) is 56.7 Å². The minimum Gasteiger partial charge on any atom is -0.350 e. The third-order valence-corrected chi connectivity index (χ3v) is 5.83. The molecule has 13 heteroatoms. The Balaban J connectivity index is 1.69. The third-order valence-electron chi connectivity index (χ3n) is 5.54. The van der Waals surface area contributed by atoms with Gasteiger partial charge in [-0.1, -0.05) is 11.6 Å². The Morgan fingerprint density at radius 1 is 1.18 bits per heavy atom.